The Morgan fingerprint density at radius 3 is 3.00 bits per heavy atom. The van der Waals surface area contributed by atoms with Gasteiger partial charge < -0.3 is 4.42 Å². The van der Waals surface area contributed by atoms with Crippen molar-refractivity contribution in [1.29, 1.82) is 0 Å². The molecule has 0 spiro atoms. The molecule has 1 aromatic carbocycles. The molecule has 3 heterocycles. The number of aromatic nitrogens is 2. The van der Waals surface area contributed by atoms with E-state index in [4.69, 9.17) is 4.42 Å². The summed E-state index contributed by atoms with van der Waals surface area (Å²) in [5, 5.41) is 1.90. The van der Waals surface area contributed by atoms with Crippen molar-refractivity contribution >= 4 is 28.2 Å². The molecule has 0 aliphatic carbocycles. The largest absolute Gasteiger partial charge is 0.423 e. The molecular weight excluding hydrogens is 320 g/mol. The van der Waals surface area contributed by atoms with Crippen LogP contribution in [0.5, 0.6) is 0 Å². The average Bonchev–Trinajstić information content (AvgIpc) is 3.02. The topological polar surface area (TPSA) is 47.5 Å². The monoisotopic (exact) mass is 336 g/mol. The summed E-state index contributed by atoms with van der Waals surface area (Å²) in [6, 6.07) is 13.7. The van der Waals surface area contributed by atoms with Gasteiger partial charge in [0.25, 0.3) is 0 Å². The molecule has 0 saturated carbocycles. The highest BCUT2D eigenvalue weighted by Gasteiger charge is 2.09. The number of fused-ring (bicyclic) bond motifs is 2. The lowest BCUT2D eigenvalue weighted by Crippen LogP contribution is -2.00. The van der Waals surface area contributed by atoms with Crippen LogP contribution in [0.25, 0.3) is 16.5 Å². The van der Waals surface area contributed by atoms with Crippen molar-refractivity contribution in [2.75, 3.05) is 0 Å². The first-order chi connectivity index (χ1) is 11.7. The smallest absolute Gasteiger partial charge is 0.336 e. The van der Waals surface area contributed by atoms with Crippen LogP contribution in [0.2, 0.25) is 0 Å². The first kappa shape index (κ1) is 15.0. The number of hydrogen-bond donors (Lipinski definition) is 0. The molecule has 0 N–H and O–H groups in total. The third-order valence-corrected chi connectivity index (χ3v) is 5.08. The Labute approximate surface area is 143 Å². The molecule has 4 aromatic rings. The SMILES string of the molecule is CCc1ccc2c(CSc3ncc4ccccn34)cc(=O)oc2c1. The maximum atomic E-state index is 11.9. The minimum Gasteiger partial charge on any atom is -0.423 e. The lowest BCUT2D eigenvalue weighted by Gasteiger charge is -2.06. The molecule has 0 bridgehead atoms. The predicted octanol–water partition coefficient (Wildman–Crippen LogP) is 4.30. The zero-order valence-corrected chi connectivity index (χ0v) is 14.0. The minimum atomic E-state index is -0.306. The van der Waals surface area contributed by atoms with E-state index < -0.39 is 0 Å². The fourth-order valence-corrected chi connectivity index (χ4v) is 3.74. The molecule has 0 unspecified atom stereocenters. The van der Waals surface area contributed by atoms with E-state index in [0.29, 0.717) is 11.3 Å². The first-order valence-corrected chi connectivity index (χ1v) is 8.83. The number of rotatable bonds is 4. The van der Waals surface area contributed by atoms with Gasteiger partial charge in [0.2, 0.25) is 0 Å². The van der Waals surface area contributed by atoms with Gasteiger partial charge in [-0.3, -0.25) is 4.40 Å². The predicted molar refractivity (Wildman–Crippen MR) is 96.6 cm³/mol. The van der Waals surface area contributed by atoms with E-state index in [1.807, 2.05) is 47.1 Å². The molecule has 0 aliphatic rings. The Morgan fingerprint density at radius 2 is 2.12 bits per heavy atom. The summed E-state index contributed by atoms with van der Waals surface area (Å²) in [6.45, 7) is 2.09. The van der Waals surface area contributed by atoms with E-state index in [1.165, 1.54) is 0 Å². The number of aryl methyl sites for hydroxylation is 1. The number of pyridine rings is 1. The Hall–Kier alpha value is -2.53. The second-order valence-corrected chi connectivity index (χ2v) is 6.54. The third-order valence-electron chi connectivity index (χ3n) is 4.06. The van der Waals surface area contributed by atoms with Crippen LogP contribution in [0.4, 0.5) is 0 Å². The standard InChI is InChI=1S/C19H16N2O2S/c1-2-13-6-7-16-14(10-18(22)23-17(16)9-13)12-24-19-20-11-15-5-3-4-8-21(15)19/h3-11H,2,12H2,1H3. The fourth-order valence-electron chi connectivity index (χ4n) is 2.78. The molecule has 4 nitrogen and oxygen atoms in total. The van der Waals surface area contributed by atoms with Crippen LogP contribution in [0.15, 0.2) is 69.2 Å². The highest BCUT2D eigenvalue weighted by atomic mass is 32.2. The second kappa shape index (κ2) is 6.17. The quantitative estimate of drug-likeness (QED) is 0.412. The van der Waals surface area contributed by atoms with E-state index >= 15 is 0 Å². The molecule has 120 valence electrons. The number of imidazole rings is 1. The van der Waals surface area contributed by atoms with E-state index in [9.17, 15) is 4.79 Å². The molecule has 0 saturated heterocycles. The Bertz CT molecular complexity index is 1080. The van der Waals surface area contributed by atoms with Crippen molar-refractivity contribution < 1.29 is 4.42 Å². The molecule has 0 radical (unpaired) electrons. The second-order valence-electron chi connectivity index (χ2n) is 5.60. The van der Waals surface area contributed by atoms with Crippen molar-refractivity contribution in [2.24, 2.45) is 0 Å². The average molecular weight is 336 g/mol. The summed E-state index contributed by atoms with van der Waals surface area (Å²) >= 11 is 1.61. The van der Waals surface area contributed by atoms with Crippen LogP contribution in [0, 0.1) is 0 Å². The van der Waals surface area contributed by atoms with Gasteiger partial charge in [-0.2, -0.15) is 0 Å². The summed E-state index contributed by atoms with van der Waals surface area (Å²) in [6.07, 6.45) is 4.77. The number of benzene rings is 1. The normalized spacial score (nSPS) is 11.4. The van der Waals surface area contributed by atoms with Gasteiger partial charge in [-0.1, -0.05) is 36.9 Å². The third kappa shape index (κ3) is 2.71. The van der Waals surface area contributed by atoms with E-state index in [1.54, 1.807) is 17.8 Å². The summed E-state index contributed by atoms with van der Waals surface area (Å²) in [7, 11) is 0. The molecule has 0 aliphatic heterocycles. The number of thioether (sulfide) groups is 1. The minimum absolute atomic E-state index is 0.306. The van der Waals surface area contributed by atoms with Gasteiger partial charge >= 0.3 is 5.63 Å². The van der Waals surface area contributed by atoms with Gasteiger partial charge in [-0.25, -0.2) is 9.78 Å². The molecule has 0 amide bonds. The van der Waals surface area contributed by atoms with Crippen LogP contribution < -0.4 is 5.63 Å². The van der Waals surface area contributed by atoms with Gasteiger partial charge in [0.15, 0.2) is 5.16 Å². The highest BCUT2D eigenvalue weighted by Crippen LogP contribution is 2.27. The number of nitrogens with zero attached hydrogens (tertiary/aromatic N) is 2. The van der Waals surface area contributed by atoms with Crippen LogP contribution in [-0.2, 0) is 12.2 Å². The molecule has 3 aromatic heterocycles. The zero-order valence-electron chi connectivity index (χ0n) is 13.2. The van der Waals surface area contributed by atoms with Crippen molar-refractivity contribution in [3.05, 3.63) is 76.4 Å². The number of hydrogen-bond acceptors (Lipinski definition) is 4. The van der Waals surface area contributed by atoms with Crippen molar-refractivity contribution in [1.82, 2.24) is 9.38 Å². The summed E-state index contributed by atoms with van der Waals surface area (Å²) in [4.78, 5) is 16.3. The van der Waals surface area contributed by atoms with Crippen molar-refractivity contribution in [2.45, 2.75) is 24.3 Å². The Balaban J connectivity index is 1.70. The lowest BCUT2D eigenvalue weighted by atomic mass is 10.1. The lowest BCUT2D eigenvalue weighted by molar-refractivity contribution is 0.559. The maximum Gasteiger partial charge on any atom is 0.336 e. The Morgan fingerprint density at radius 1 is 1.21 bits per heavy atom. The molecule has 0 atom stereocenters. The van der Waals surface area contributed by atoms with Gasteiger partial charge in [-0.15, -0.1) is 0 Å². The van der Waals surface area contributed by atoms with E-state index in [-0.39, 0.29) is 5.63 Å². The van der Waals surface area contributed by atoms with E-state index in [0.717, 1.165) is 33.6 Å². The van der Waals surface area contributed by atoms with Crippen LogP contribution in [0.3, 0.4) is 0 Å². The van der Waals surface area contributed by atoms with Crippen LogP contribution in [-0.4, -0.2) is 9.38 Å². The summed E-state index contributed by atoms with van der Waals surface area (Å²) in [5.41, 5.74) is 3.55. The first-order valence-electron chi connectivity index (χ1n) is 7.85. The van der Waals surface area contributed by atoms with Crippen molar-refractivity contribution in [3.8, 4) is 0 Å². The van der Waals surface area contributed by atoms with Gasteiger partial charge in [0.05, 0.1) is 11.7 Å². The van der Waals surface area contributed by atoms with Gasteiger partial charge in [0, 0.05) is 23.4 Å². The van der Waals surface area contributed by atoms with Gasteiger partial charge in [-0.05, 0) is 35.7 Å². The van der Waals surface area contributed by atoms with E-state index in [2.05, 4.69) is 18.0 Å². The summed E-state index contributed by atoms with van der Waals surface area (Å²) < 4.78 is 7.42. The fraction of sp³-hybridized carbons (Fsp3) is 0.158. The zero-order chi connectivity index (χ0) is 16.5. The summed E-state index contributed by atoms with van der Waals surface area (Å²) in [5.74, 6) is 0.668. The molecule has 0 fully saturated rings. The Kier molecular flexibility index (Phi) is 3.86. The molecule has 4 rings (SSSR count). The molecule has 24 heavy (non-hydrogen) atoms. The maximum absolute atomic E-state index is 11.9. The molecular formula is C19H16N2O2S. The van der Waals surface area contributed by atoms with Crippen LogP contribution in [0.1, 0.15) is 18.1 Å². The van der Waals surface area contributed by atoms with Crippen LogP contribution >= 0.6 is 11.8 Å². The van der Waals surface area contributed by atoms with Gasteiger partial charge in [0.1, 0.15) is 5.58 Å². The van der Waals surface area contributed by atoms with Crippen molar-refractivity contribution in [3.63, 3.8) is 0 Å². The molecule has 5 heteroatoms. The highest BCUT2D eigenvalue weighted by molar-refractivity contribution is 7.98.